The molecule has 0 radical (unpaired) electrons. The average molecular weight is 583 g/mol. The first-order chi connectivity index (χ1) is 19.6. The van der Waals surface area contributed by atoms with Gasteiger partial charge in [0.1, 0.15) is 6.61 Å². The molecule has 1 N–H and O–H groups in total. The maximum atomic E-state index is 12.5. The summed E-state index contributed by atoms with van der Waals surface area (Å²) >= 11 is 0. The number of ether oxygens (including phenoxy) is 3. The fourth-order valence-electron chi connectivity index (χ4n) is 4.26. The van der Waals surface area contributed by atoms with E-state index in [2.05, 4.69) is 32.1 Å². The second kappa shape index (κ2) is 25.5. The first-order valence-corrected chi connectivity index (χ1v) is 15.9. The molecule has 0 aliphatic heterocycles. The maximum absolute atomic E-state index is 12.5. The zero-order valence-electron chi connectivity index (χ0n) is 26.7. The van der Waals surface area contributed by atoms with E-state index in [1.54, 1.807) is 0 Å². The summed E-state index contributed by atoms with van der Waals surface area (Å²) in [6.07, 6.45) is 22.5. The number of carboxylic acid groups (broad SMARTS) is 1. The van der Waals surface area contributed by atoms with Crippen LogP contribution < -0.4 is 0 Å². The molecule has 0 rings (SSSR count). The summed E-state index contributed by atoms with van der Waals surface area (Å²) in [4.78, 5) is 36.3. The van der Waals surface area contributed by atoms with Crippen LogP contribution in [0.4, 0.5) is 0 Å². The predicted octanol–water partition coefficient (Wildman–Crippen LogP) is 7.01. The van der Waals surface area contributed by atoms with Gasteiger partial charge in [-0.1, -0.05) is 76.7 Å². The van der Waals surface area contributed by atoms with Gasteiger partial charge in [0.25, 0.3) is 0 Å². The summed E-state index contributed by atoms with van der Waals surface area (Å²) < 4.78 is 17.0. The Kier molecular flexibility index (Phi) is 24.2. The van der Waals surface area contributed by atoms with Crippen molar-refractivity contribution in [3.05, 3.63) is 24.3 Å². The van der Waals surface area contributed by atoms with Gasteiger partial charge in [-0.15, -0.1) is 0 Å². The van der Waals surface area contributed by atoms with E-state index in [0.717, 1.165) is 51.4 Å². The first kappa shape index (κ1) is 38.8. The van der Waals surface area contributed by atoms with E-state index < -0.39 is 18.1 Å². The molecule has 0 saturated heterocycles. The van der Waals surface area contributed by atoms with Crippen molar-refractivity contribution in [3.8, 4) is 0 Å². The van der Waals surface area contributed by atoms with E-state index in [1.165, 1.54) is 25.7 Å². The highest BCUT2D eigenvalue weighted by atomic mass is 16.6. The number of aliphatic carboxylic acids is 1. The zero-order chi connectivity index (χ0) is 30.8. The third-order valence-electron chi connectivity index (χ3n) is 6.84. The Morgan fingerprint density at radius 3 is 1.90 bits per heavy atom. The number of quaternary nitrogens is 1. The van der Waals surface area contributed by atoms with Gasteiger partial charge < -0.3 is 23.8 Å². The lowest BCUT2D eigenvalue weighted by Gasteiger charge is -2.31. The second-order valence-corrected chi connectivity index (χ2v) is 11.7. The van der Waals surface area contributed by atoms with Crippen molar-refractivity contribution in [2.24, 2.45) is 0 Å². The Balaban J connectivity index is 4.58. The van der Waals surface area contributed by atoms with Crippen LogP contribution in [0.3, 0.4) is 0 Å². The molecule has 0 aromatic heterocycles. The van der Waals surface area contributed by atoms with Crippen molar-refractivity contribution < 1.29 is 38.2 Å². The van der Waals surface area contributed by atoms with Crippen LogP contribution >= 0.6 is 0 Å². The van der Waals surface area contributed by atoms with Gasteiger partial charge in [0.2, 0.25) is 0 Å². The molecule has 238 valence electrons. The number of esters is 2. The van der Waals surface area contributed by atoms with Gasteiger partial charge in [0.05, 0.1) is 34.4 Å². The van der Waals surface area contributed by atoms with Crippen molar-refractivity contribution in [2.45, 2.75) is 129 Å². The molecule has 8 heteroatoms. The fourth-order valence-corrected chi connectivity index (χ4v) is 4.26. The van der Waals surface area contributed by atoms with E-state index in [4.69, 9.17) is 14.2 Å². The van der Waals surface area contributed by atoms with Gasteiger partial charge in [-0.25, -0.2) is 4.79 Å². The van der Waals surface area contributed by atoms with Gasteiger partial charge in [0, 0.05) is 19.3 Å². The van der Waals surface area contributed by atoms with Gasteiger partial charge >= 0.3 is 17.9 Å². The van der Waals surface area contributed by atoms with Crippen LogP contribution in [0.15, 0.2) is 24.3 Å². The summed E-state index contributed by atoms with van der Waals surface area (Å²) in [7, 11) is 5.48. The number of unbranched alkanes of at least 4 members (excludes halogenated alkanes) is 9. The van der Waals surface area contributed by atoms with Crippen LogP contribution in [0.1, 0.15) is 117 Å². The smallest absolute Gasteiger partial charge is 0.362 e. The molecule has 0 aliphatic rings. The monoisotopic (exact) mass is 582 g/mol. The number of carboxylic acids is 1. The maximum Gasteiger partial charge on any atom is 0.362 e. The molecule has 0 saturated carbocycles. The number of likely N-dealkylation sites (N-methyl/N-ethyl adjacent to an activating group) is 1. The second-order valence-electron chi connectivity index (χ2n) is 11.7. The molecule has 0 amide bonds. The molecule has 0 aromatic rings. The molecule has 2 unspecified atom stereocenters. The van der Waals surface area contributed by atoms with Crippen molar-refractivity contribution in [1.29, 1.82) is 0 Å². The number of allylic oxidation sites excluding steroid dienone is 4. The Hall–Kier alpha value is -2.19. The molecule has 2 atom stereocenters. The molecular weight excluding hydrogens is 522 g/mol. The highest BCUT2D eigenvalue weighted by Crippen LogP contribution is 2.11. The summed E-state index contributed by atoms with van der Waals surface area (Å²) in [5, 5.41) is 9.51. The van der Waals surface area contributed by atoms with Crippen molar-refractivity contribution in [3.63, 3.8) is 0 Å². The molecule has 0 heterocycles. The quantitative estimate of drug-likeness (QED) is 0.0481. The zero-order valence-corrected chi connectivity index (χ0v) is 26.7. The van der Waals surface area contributed by atoms with Gasteiger partial charge in [0.15, 0.2) is 12.1 Å². The van der Waals surface area contributed by atoms with Gasteiger partial charge in [-0.2, -0.15) is 0 Å². The third kappa shape index (κ3) is 24.1. The van der Waals surface area contributed by atoms with E-state index in [9.17, 15) is 19.5 Å². The molecule has 8 nitrogen and oxygen atoms in total. The molecule has 41 heavy (non-hydrogen) atoms. The lowest BCUT2D eigenvalue weighted by Crippen LogP contribution is -2.50. The minimum absolute atomic E-state index is 0.0458. The largest absolute Gasteiger partial charge is 0.477 e. The number of carbonyl (C=O) groups is 3. The standard InChI is InChI=1S/C33H59NO7/c1-6-8-10-12-14-15-16-18-20-22-24-32(36)41-29(27-39-26-25-30(33(37)38)34(3,4)5)28-40-31(35)23-21-19-17-13-11-9-7-2/h12,14,17,19,29-30H,6-11,13,15-16,18,20-28H2,1-5H3/p+1/b14-12+,19-17+. The van der Waals surface area contributed by atoms with E-state index in [1.807, 2.05) is 27.2 Å². The average Bonchev–Trinajstić information content (AvgIpc) is 2.91. The summed E-state index contributed by atoms with van der Waals surface area (Å²) in [5.74, 6) is -1.56. The Morgan fingerprint density at radius 1 is 0.707 bits per heavy atom. The number of rotatable bonds is 27. The minimum atomic E-state index is -0.884. The van der Waals surface area contributed by atoms with E-state index >= 15 is 0 Å². The van der Waals surface area contributed by atoms with Crippen molar-refractivity contribution in [2.75, 3.05) is 41.0 Å². The summed E-state index contributed by atoms with van der Waals surface area (Å²) in [6, 6.07) is -0.615. The molecule has 0 aliphatic carbocycles. The van der Waals surface area contributed by atoms with Crippen molar-refractivity contribution >= 4 is 17.9 Å². The Labute approximate surface area is 250 Å². The Bertz CT molecular complexity index is 742. The number of hydrogen-bond donors (Lipinski definition) is 1. The summed E-state index contributed by atoms with van der Waals surface area (Å²) in [6.45, 7) is 4.53. The number of carbonyl (C=O) groups excluding carboxylic acids is 2. The lowest BCUT2D eigenvalue weighted by atomic mass is 10.1. The predicted molar refractivity (Wildman–Crippen MR) is 165 cm³/mol. The lowest BCUT2D eigenvalue weighted by molar-refractivity contribution is -0.887. The SMILES string of the molecule is CCCC/C=C/CCCCCCC(=O)OC(COCCC(C(=O)O)[N+](C)(C)C)COC(=O)CC/C=C/CCCCC. The third-order valence-corrected chi connectivity index (χ3v) is 6.84. The highest BCUT2D eigenvalue weighted by molar-refractivity contribution is 5.72. The molecule has 0 bridgehead atoms. The van der Waals surface area contributed by atoms with Gasteiger partial charge in [-0.3, -0.25) is 9.59 Å². The van der Waals surface area contributed by atoms with Crippen molar-refractivity contribution in [1.82, 2.24) is 0 Å². The van der Waals surface area contributed by atoms with E-state index in [-0.39, 0.29) is 42.7 Å². The van der Waals surface area contributed by atoms with Crippen LogP contribution in [-0.2, 0) is 28.6 Å². The fraction of sp³-hybridized carbons (Fsp3) is 0.788. The normalized spacial score (nSPS) is 13.5. The van der Waals surface area contributed by atoms with Crippen LogP contribution in [0, 0.1) is 0 Å². The molecule has 0 aromatic carbocycles. The molecular formula is C33H60NO7+. The van der Waals surface area contributed by atoms with Crippen LogP contribution in [0.2, 0.25) is 0 Å². The minimum Gasteiger partial charge on any atom is -0.477 e. The Morgan fingerprint density at radius 2 is 1.29 bits per heavy atom. The molecule has 0 spiro atoms. The van der Waals surface area contributed by atoms with Gasteiger partial charge in [-0.05, 0) is 44.9 Å². The van der Waals surface area contributed by atoms with Crippen LogP contribution in [0.25, 0.3) is 0 Å². The van der Waals surface area contributed by atoms with Crippen LogP contribution in [-0.4, -0.2) is 80.6 Å². The first-order valence-electron chi connectivity index (χ1n) is 15.9. The number of hydrogen-bond acceptors (Lipinski definition) is 6. The number of nitrogens with zero attached hydrogens (tertiary/aromatic N) is 1. The molecule has 0 fully saturated rings. The topological polar surface area (TPSA) is 99.1 Å². The highest BCUT2D eigenvalue weighted by Gasteiger charge is 2.31. The van der Waals surface area contributed by atoms with E-state index in [0.29, 0.717) is 19.3 Å². The summed E-state index contributed by atoms with van der Waals surface area (Å²) in [5.41, 5.74) is 0. The van der Waals surface area contributed by atoms with Crippen LogP contribution in [0.5, 0.6) is 0 Å².